The van der Waals surface area contributed by atoms with Gasteiger partial charge in [-0.25, -0.2) is 0 Å². The van der Waals surface area contributed by atoms with Crippen molar-refractivity contribution in [2.24, 2.45) is 0 Å². The predicted octanol–water partition coefficient (Wildman–Crippen LogP) is 3.32. The van der Waals surface area contributed by atoms with Crippen molar-refractivity contribution in [1.82, 2.24) is 0 Å². The lowest BCUT2D eigenvalue weighted by atomic mass is 10.2. The zero-order valence-corrected chi connectivity index (χ0v) is 13.3. The number of carbonyl (C=O) groups excluding carboxylic acids is 2. The number of amides is 2. The van der Waals surface area contributed by atoms with Gasteiger partial charge in [0.2, 0.25) is 11.8 Å². The number of carbonyl (C=O) groups is 2. The Hall–Kier alpha value is -2.66. The third kappa shape index (κ3) is 5.92. The number of nitrogens with one attached hydrogen (secondary N) is 2. The molecule has 120 valence electrons. The van der Waals surface area contributed by atoms with Crippen molar-refractivity contribution < 1.29 is 14.3 Å². The first kappa shape index (κ1) is 16.7. The molecule has 0 aliphatic carbocycles. The van der Waals surface area contributed by atoms with Gasteiger partial charge in [-0.3, -0.25) is 9.59 Å². The molecule has 0 saturated heterocycles. The quantitative estimate of drug-likeness (QED) is 0.860. The highest BCUT2D eigenvalue weighted by Gasteiger charge is 1.99. The molecule has 2 rings (SSSR count). The van der Waals surface area contributed by atoms with Crippen LogP contribution < -0.4 is 10.6 Å². The number of benzene rings is 2. The smallest absolute Gasteiger partial charge is 0.221 e. The van der Waals surface area contributed by atoms with Crippen molar-refractivity contribution in [3.8, 4) is 0 Å². The molecule has 23 heavy (non-hydrogen) atoms. The van der Waals surface area contributed by atoms with E-state index in [0.717, 1.165) is 22.5 Å². The van der Waals surface area contributed by atoms with Crippen LogP contribution in [0.3, 0.4) is 0 Å². The summed E-state index contributed by atoms with van der Waals surface area (Å²) in [7, 11) is 0. The van der Waals surface area contributed by atoms with Crippen molar-refractivity contribution in [3.63, 3.8) is 0 Å². The third-order valence-electron chi connectivity index (χ3n) is 3.09. The molecule has 5 heteroatoms. The maximum absolute atomic E-state index is 11.0. The van der Waals surface area contributed by atoms with Crippen LogP contribution in [-0.2, 0) is 27.5 Å². The molecule has 0 radical (unpaired) electrons. The first-order valence-corrected chi connectivity index (χ1v) is 7.34. The average Bonchev–Trinajstić information content (AvgIpc) is 2.50. The monoisotopic (exact) mass is 312 g/mol. The van der Waals surface area contributed by atoms with Crippen LogP contribution in [0.2, 0.25) is 0 Å². The second-order valence-electron chi connectivity index (χ2n) is 5.25. The van der Waals surface area contributed by atoms with Gasteiger partial charge >= 0.3 is 0 Å². The Morgan fingerprint density at radius 3 is 1.39 bits per heavy atom. The number of hydrogen-bond acceptors (Lipinski definition) is 3. The van der Waals surface area contributed by atoms with Crippen molar-refractivity contribution in [2.75, 3.05) is 10.6 Å². The van der Waals surface area contributed by atoms with Crippen LogP contribution in [0.5, 0.6) is 0 Å². The van der Waals surface area contributed by atoms with Gasteiger partial charge in [0.05, 0.1) is 13.2 Å². The number of ether oxygens (including phenoxy) is 1. The van der Waals surface area contributed by atoms with Crippen LogP contribution in [0.15, 0.2) is 48.5 Å². The molecule has 0 fully saturated rings. The van der Waals surface area contributed by atoms with Crippen molar-refractivity contribution in [2.45, 2.75) is 27.1 Å². The minimum absolute atomic E-state index is 0.0864. The fraction of sp³-hybridized carbons (Fsp3) is 0.222. The van der Waals surface area contributed by atoms with Gasteiger partial charge in [-0.15, -0.1) is 0 Å². The van der Waals surface area contributed by atoms with Gasteiger partial charge in [0.1, 0.15) is 0 Å². The van der Waals surface area contributed by atoms with Crippen molar-refractivity contribution >= 4 is 23.2 Å². The molecule has 0 atom stereocenters. The largest absolute Gasteiger partial charge is 0.372 e. The van der Waals surface area contributed by atoms with Gasteiger partial charge in [-0.2, -0.15) is 0 Å². The van der Waals surface area contributed by atoms with E-state index >= 15 is 0 Å². The highest BCUT2D eigenvalue weighted by molar-refractivity contribution is 5.89. The second-order valence-corrected chi connectivity index (χ2v) is 5.25. The Labute approximate surface area is 135 Å². The molecule has 0 heterocycles. The fourth-order valence-electron chi connectivity index (χ4n) is 2.06. The zero-order chi connectivity index (χ0) is 16.7. The summed E-state index contributed by atoms with van der Waals surface area (Å²) in [6.45, 7) is 3.95. The van der Waals surface area contributed by atoms with E-state index in [-0.39, 0.29) is 11.8 Å². The standard InChI is InChI=1S/C18H20N2O3/c1-13(21)19-17-7-3-15(4-8-17)11-23-12-16-5-9-18(10-6-16)20-14(2)22/h3-10H,11-12H2,1-2H3,(H,19,21)(H,20,22). The molecule has 0 spiro atoms. The van der Waals surface area contributed by atoms with E-state index in [4.69, 9.17) is 4.74 Å². The summed E-state index contributed by atoms with van der Waals surface area (Å²) in [5, 5.41) is 5.45. The van der Waals surface area contributed by atoms with E-state index in [1.807, 2.05) is 48.5 Å². The van der Waals surface area contributed by atoms with E-state index < -0.39 is 0 Å². The molecule has 2 aromatic rings. The van der Waals surface area contributed by atoms with Crippen LogP contribution in [0.25, 0.3) is 0 Å². The molecule has 0 bridgehead atoms. The van der Waals surface area contributed by atoms with Gasteiger partial charge in [0.15, 0.2) is 0 Å². The lowest BCUT2D eigenvalue weighted by Gasteiger charge is -2.07. The minimum Gasteiger partial charge on any atom is -0.372 e. The topological polar surface area (TPSA) is 67.4 Å². The van der Waals surface area contributed by atoms with Crippen LogP contribution in [0, 0.1) is 0 Å². The van der Waals surface area contributed by atoms with Crippen molar-refractivity contribution in [1.29, 1.82) is 0 Å². The normalized spacial score (nSPS) is 10.2. The number of anilines is 2. The van der Waals surface area contributed by atoms with Gasteiger partial charge < -0.3 is 15.4 Å². The van der Waals surface area contributed by atoms with E-state index in [9.17, 15) is 9.59 Å². The minimum atomic E-state index is -0.0864. The Balaban J connectivity index is 1.80. The summed E-state index contributed by atoms with van der Waals surface area (Å²) in [6.07, 6.45) is 0. The molecular formula is C18H20N2O3. The van der Waals surface area contributed by atoms with Gasteiger partial charge in [0, 0.05) is 25.2 Å². The second kappa shape index (κ2) is 8.10. The molecule has 0 unspecified atom stereocenters. The van der Waals surface area contributed by atoms with E-state index in [1.165, 1.54) is 13.8 Å². The summed E-state index contributed by atoms with van der Waals surface area (Å²) in [6, 6.07) is 15.1. The van der Waals surface area contributed by atoms with Crippen LogP contribution in [0.1, 0.15) is 25.0 Å². The summed E-state index contributed by atoms with van der Waals surface area (Å²) < 4.78 is 5.67. The Morgan fingerprint density at radius 1 is 0.739 bits per heavy atom. The van der Waals surface area contributed by atoms with E-state index in [0.29, 0.717) is 13.2 Å². The van der Waals surface area contributed by atoms with Crippen LogP contribution >= 0.6 is 0 Å². The number of rotatable bonds is 6. The lowest BCUT2D eigenvalue weighted by Crippen LogP contribution is -2.05. The highest BCUT2D eigenvalue weighted by atomic mass is 16.5. The van der Waals surface area contributed by atoms with Gasteiger partial charge in [-0.1, -0.05) is 24.3 Å². The van der Waals surface area contributed by atoms with Crippen molar-refractivity contribution in [3.05, 3.63) is 59.7 Å². The third-order valence-corrected chi connectivity index (χ3v) is 3.09. The average molecular weight is 312 g/mol. The van der Waals surface area contributed by atoms with E-state index in [2.05, 4.69) is 10.6 Å². The molecule has 0 aromatic heterocycles. The highest BCUT2D eigenvalue weighted by Crippen LogP contribution is 2.13. The molecule has 2 amide bonds. The molecule has 0 aliphatic rings. The van der Waals surface area contributed by atoms with Gasteiger partial charge in [0.25, 0.3) is 0 Å². The number of hydrogen-bond donors (Lipinski definition) is 2. The summed E-state index contributed by atoms with van der Waals surface area (Å²) in [5.74, 6) is -0.173. The van der Waals surface area contributed by atoms with Crippen LogP contribution in [0.4, 0.5) is 11.4 Å². The summed E-state index contributed by atoms with van der Waals surface area (Å²) >= 11 is 0. The summed E-state index contributed by atoms with van der Waals surface area (Å²) in [5.41, 5.74) is 3.62. The Kier molecular flexibility index (Phi) is 5.88. The SMILES string of the molecule is CC(=O)Nc1ccc(COCc2ccc(NC(C)=O)cc2)cc1. The molecule has 0 aliphatic heterocycles. The van der Waals surface area contributed by atoms with Gasteiger partial charge in [-0.05, 0) is 35.4 Å². The Bertz CT molecular complexity index is 604. The molecule has 2 N–H and O–H groups in total. The maximum Gasteiger partial charge on any atom is 0.221 e. The first-order chi connectivity index (χ1) is 11.0. The molecule has 2 aromatic carbocycles. The molecular weight excluding hydrogens is 292 g/mol. The van der Waals surface area contributed by atoms with E-state index in [1.54, 1.807) is 0 Å². The fourth-order valence-corrected chi connectivity index (χ4v) is 2.06. The van der Waals surface area contributed by atoms with Crippen LogP contribution in [-0.4, -0.2) is 11.8 Å². The predicted molar refractivity (Wildman–Crippen MR) is 90.0 cm³/mol. The molecule has 5 nitrogen and oxygen atoms in total. The lowest BCUT2D eigenvalue weighted by molar-refractivity contribution is -0.115. The summed E-state index contributed by atoms with van der Waals surface area (Å²) in [4.78, 5) is 21.9. The zero-order valence-electron chi connectivity index (χ0n) is 13.3. The first-order valence-electron chi connectivity index (χ1n) is 7.34. The Morgan fingerprint density at radius 2 is 1.09 bits per heavy atom. The molecule has 0 saturated carbocycles. The maximum atomic E-state index is 11.0.